The number of hydrogen-bond donors (Lipinski definition) is 0. The largest absolute Gasteiger partial charge is 0.338 e. The van der Waals surface area contributed by atoms with Crippen LogP contribution in [0.15, 0.2) is 0 Å². The van der Waals surface area contributed by atoms with Crippen LogP contribution in [0.1, 0.15) is 143 Å². The van der Waals surface area contributed by atoms with E-state index in [4.69, 9.17) is 0 Å². The van der Waals surface area contributed by atoms with Crippen LogP contribution >= 0.6 is 0 Å². The van der Waals surface area contributed by atoms with Crippen molar-refractivity contribution in [3.8, 4) is 0 Å². The van der Waals surface area contributed by atoms with E-state index in [-0.39, 0.29) is 5.54 Å². The van der Waals surface area contributed by atoms with Gasteiger partial charge in [-0.05, 0) is 26.7 Å². The highest BCUT2D eigenvalue weighted by molar-refractivity contribution is 5.78. The number of hydrogen-bond acceptors (Lipinski definition) is 1. The Morgan fingerprint density at radius 3 is 1.48 bits per heavy atom. The van der Waals surface area contributed by atoms with Crippen LogP contribution in [0.3, 0.4) is 0 Å². The van der Waals surface area contributed by atoms with Gasteiger partial charge in [-0.25, -0.2) is 0 Å². The summed E-state index contributed by atoms with van der Waals surface area (Å²) in [6.45, 7) is 7.77. The first-order valence-electron chi connectivity index (χ1n) is 12.4. The van der Waals surface area contributed by atoms with Gasteiger partial charge in [-0.3, -0.25) is 4.79 Å². The lowest BCUT2D eigenvalue weighted by atomic mass is 9.94. The molecule has 1 aliphatic heterocycles. The Labute approximate surface area is 170 Å². The Bertz CT molecular complexity index is 363. The Balaban J connectivity index is 1.81. The van der Waals surface area contributed by atoms with Crippen molar-refractivity contribution in [2.24, 2.45) is 0 Å². The van der Waals surface area contributed by atoms with Gasteiger partial charge in [-0.15, -0.1) is 0 Å². The smallest absolute Gasteiger partial charge is 0.223 e. The van der Waals surface area contributed by atoms with Gasteiger partial charge in [0.1, 0.15) is 0 Å². The summed E-state index contributed by atoms with van der Waals surface area (Å²) in [7, 11) is 0. The molecule has 0 aromatic rings. The predicted molar refractivity (Wildman–Crippen MR) is 119 cm³/mol. The van der Waals surface area contributed by atoms with Crippen molar-refractivity contribution in [3.05, 3.63) is 0 Å². The van der Waals surface area contributed by atoms with Gasteiger partial charge in [0.05, 0.1) is 0 Å². The standard InChI is InChI=1S/C25H49NO/c1-4-5-6-7-8-9-10-11-12-13-14-15-16-17-18-19-22-25(2,3)26-23-20-21-24(26)27/h4-23H2,1-3H3. The van der Waals surface area contributed by atoms with Crippen molar-refractivity contribution in [3.63, 3.8) is 0 Å². The predicted octanol–water partition coefficient (Wildman–Crippen LogP) is 8.04. The van der Waals surface area contributed by atoms with Crippen molar-refractivity contribution in [1.29, 1.82) is 0 Å². The average Bonchev–Trinajstić information content (AvgIpc) is 3.08. The molecule has 1 amide bonds. The molecule has 0 aromatic carbocycles. The molecule has 160 valence electrons. The second kappa shape index (κ2) is 15.4. The summed E-state index contributed by atoms with van der Waals surface area (Å²) in [5.74, 6) is 0.372. The molecule has 2 nitrogen and oxygen atoms in total. The number of amides is 1. The Hall–Kier alpha value is -0.530. The highest BCUT2D eigenvalue weighted by Crippen LogP contribution is 2.27. The van der Waals surface area contributed by atoms with Crippen molar-refractivity contribution in [2.75, 3.05) is 6.54 Å². The molecule has 0 saturated carbocycles. The highest BCUT2D eigenvalue weighted by atomic mass is 16.2. The zero-order valence-corrected chi connectivity index (χ0v) is 19.0. The van der Waals surface area contributed by atoms with Gasteiger partial charge in [0.25, 0.3) is 0 Å². The Morgan fingerprint density at radius 1 is 0.704 bits per heavy atom. The van der Waals surface area contributed by atoms with Gasteiger partial charge in [-0.2, -0.15) is 0 Å². The van der Waals surface area contributed by atoms with E-state index < -0.39 is 0 Å². The number of unbranched alkanes of at least 4 members (excludes halogenated alkanes) is 15. The second-order valence-corrected chi connectivity index (χ2v) is 9.51. The molecule has 27 heavy (non-hydrogen) atoms. The Morgan fingerprint density at radius 2 is 1.11 bits per heavy atom. The van der Waals surface area contributed by atoms with E-state index in [1.807, 2.05) is 0 Å². The SMILES string of the molecule is CCCCCCCCCCCCCCCCCCC(C)(C)N1CCCC1=O. The molecule has 0 atom stereocenters. The van der Waals surface area contributed by atoms with E-state index in [0.717, 1.165) is 25.8 Å². The quantitative estimate of drug-likeness (QED) is 0.221. The molecule has 1 rings (SSSR count). The van der Waals surface area contributed by atoms with E-state index in [9.17, 15) is 4.79 Å². The first-order chi connectivity index (χ1) is 13.1. The summed E-state index contributed by atoms with van der Waals surface area (Å²) < 4.78 is 0. The molecule has 0 unspecified atom stereocenters. The molecule has 1 aliphatic rings. The van der Waals surface area contributed by atoms with E-state index in [1.165, 1.54) is 103 Å². The lowest BCUT2D eigenvalue weighted by molar-refractivity contribution is -0.132. The van der Waals surface area contributed by atoms with E-state index in [1.54, 1.807) is 0 Å². The minimum absolute atomic E-state index is 0.0730. The first-order valence-corrected chi connectivity index (χ1v) is 12.4. The van der Waals surface area contributed by atoms with Crippen LogP contribution in [0, 0.1) is 0 Å². The fourth-order valence-corrected chi connectivity index (χ4v) is 4.53. The van der Waals surface area contributed by atoms with Crippen LogP contribution in [-0.2, 0) is 4.79 Å². The van der Waals surface area contributed by atoms with Gasteiger partial charge in [0.2, 0.25) is 5.91 Å². The van der Waals surface area contributed by atoms with Gasteiger partial charge in [-0.1, -0.05) is 110 Å². The van der Waals surface area contributed by atoms with Crippen LogP contribution in [0.25, 0.3) is 0 Å². The molecule has 0 aliphatic carbocycles. The summed E-state index contributed by atoms with van der Waals surface area (Å²) >= 11 is 0. The number of carbonyl (C=O) groups is 1. The maximum absolute atomic E-state index is 11.9. The minimum Gasteiger partial charge on any atom is -0.338 e. The van der Waals surface area contributed by atoms with Gasteiger partial charge < -0.3 is 4.90 Å². The van der Waals surface area contributed by atoms with Crippen molar-refractivity contribution in [2.45, 2.75) is 148 Å². The number of carbonyl (C=O) groups excluding carboxylic acids is 1. The second-order valence-electron chi connectivity index (χ2n) is 9.51. The molecule has 1 heterocycles. The maximum Gasteiger partial charge on any atom is 0.223 e. The molecule has 1 saturated heterocycles. The molecule has 0 radical (unpaired) electrons. The molecular weight excluding hydrogens is 330 g/mol. The number of rotatable bonds is 18. The lowest BCUT2D eigenvalue weighted by Crippen LogP contribution is -2.44. The van der Waals surface area contributed by atoms with Crippen LogP contribution < -0.4 is 0 Å². The lowest BCUT2D eigenvalue weighted by Gasteiger charge is -2.35. The molecule has 0 bridgehead atoms. The zero-order chi connectivity index (χ0) is 19.8. The van der Waals surface area contributed by atoms with Gasteiger partial charge >= 0.3 is 0 Å². The van der Waals surface area contributed by atoms with E-state index >= 15 is 0 Å². The zero-order valence-electron chi connectivity index (χ0n) is 19.0. The number of nitrogens with zero attached hydrogens (tertiary/aromatic N) is 1. The fraction of sp³-hybridized carbons (Fsp3) is 0.960. The monoisotopic (exact) mass is 379 g/mol. The van der Waals surface area contributed by atoms with Crippen LogP contribution in [0.4, 0.5) is 0 Å². The summed E-state index contributed by atoms with van der Waals surface area (Å²) in [5, 5.41) is 0. The summed E-state index contributed by atoms with van der Waals surface area (Å²) in [4.78, 5) is 14.0. The number of likely N-dealkylation sites (tertiary alicyclic amines) is 1. The summed E-state index contributed by atoms with van der Waals surface area (Å²) in [6, 6.07) is 0. The van der Waals surface area contributed by atoms with Crippen molar-refractivity contribution in [1.82, 2.24) is 4.90 Å². The molecule has 2 heteroatoms. The minimum atomic E-state index is 0.0730. The van der Waals surface area contributed by atoms with Crippen LogP contribution in [-0.4, -0.2) is 22.9 Å². The third-order valence-electron chi connectivity index (χ3n) is 6.45. The molecular formula is C25H49NO. The average molecular weight is 380 g/mol. The third kappa shape index (κ3) is 11.8. The maximum atomic E-state index is 11.9. The topological polar surface area (TPSA) is 20.3 Å². The first kappa shape index (κ1) is 24.5. The van der Waals surface area contributed by atoms with Crippen molar-refractivity contribution >= 4 is 5.91 Å². The molecule has 0 N–H and O–H groups in total. The molecule has 0 spiro atoms. The van der Waals surface area contributed by atoms with Crippen LogP contribution in [0.5, 0.6) is 0 Å². The van der Waals surface area contributed by atoms with E-state index in [0.29, 0.717) is 5.91 Å². The summed E-state index contributed by atoms with van der Waals surface area (Å²) in [6.07, 6.45) is 25.7. The Kier molecular flexibility index (Phi) is 14.0. The van der Waals surface area contributed by atoms with Crippen LogP contribution in [0.2, 0.25) is 0 Å². The molecule has 1 fully saturated rings. The summed E-state index contributed by atoms with van der Waals surface area (Å²) in [5.41, 5.74) is 0.0730. The van der Waals surface area contributed by atoms with Crippen molar-refractivity contribution < 1.29 is 4.79 Å². The van der Waals surface area contributed by atoms with E-state index in [2.05, 4.69) is 25.7 Å². The molecule has 0 aromatic heterocycles. The third-order valence-corrected chi connectivity index (χ3v) is 6.45. The fourth-order valence-electron chi connectivity index (χ4n) is 4.53. The highest BCUT2D eigenvalue weighted by Gasteiger charge is 2.33. The van der Waals surface area contributed by atoms with Gasteiger partial charge in [0.15, 0.2) is 0 Å². The van der Waals surface area contributed by atoms with Gasteiger partial charge in [0, 0.05) is 18.5 Å². The normalized spacial score (nSPS) is 15.1.